The van der Waals surface area contributed by atoms with Gasteiger partial charge in [-0.1, -0.05) is 0 Å². The monoisotopic (exact) mass is 259 g/mol. The molecule has 0 aliphatic heterocycles. The third-order valence-electron chi connectivity index (χ3n) is 4.33. The number of benzene rings is 1. The van der Waals surface area contributed by atoms with Gasteiger partial charge in [-0.25, -0.2) is 4.79 Å². The van der Waals surface area contributed by atoms with E-state index >= 15 is 0 Å². The van der Waals surface area contributed by atoms with Crippen LogP contribution in [0.15, 0.2) is 24.3 Å². The van der Waals surface area contributed by atoms with Crippen LogP contribution in [0.2, 0.25) is 0 Å². The number of amides is 1. The van der Waals surface area contributed by atoms with Crippen LogP contribution >= 0.6 is 0 Å². The first kappa shape index (κ1) is 12.2. The molecule has 4 heteroatoms. The van der Waals surface area contributed by atoms with Crippen LogP contribution in [0.3, 0.4) is 0 Å². The Hall–Kier alpha value is -1.84. The SMILES string of the molecule is O=C(O)c1ccc(C(=O)NCC2(C3CC3)CC2)cc1. The Balaban J connectivity index is 1.59. The molecular weight excluding hydrogens is 242 g/mol. The van der Waals surface area contributed by atoms with Gasteiger partial charge in [-0.3, -0.25) is 4.79 Å². The van der Waals surface area contributed by atoms with Gasteiger partial charge < -0.3 is 10.4 Å². The van der Waals surface area contributed by atoms with Gasteiger partial charge in [0.1, 0.15) is 0 Å². The highest BCUT2D eigenvalue weighted by Crippen LogP contribution is 2.60. The van der Waals surface area contributed by atoms with Gasteiger partial charge in [0, 0.05) is 12.1 Å². The normalized spacial score (nSPS) is 19.8. The van der Waals surface area contributed by atoms with Crippen molar-refractivity contribution in [3.63, 3.8) is 0 Å². The van der Waals surface area contributed by atoms with E-state index in [1.807, 2.05) is 0 Å². The van der Waals surface area contributed by atoms with E-state index in [2.05, 4.69) is 5.32 Å². The van der Waals surface area contributed by atoms with Crippen LogP contribution in [0.4, 0.5) is 0 Å². The predicted molar refractivity (Wildman–Crippen MR) is 70.1 cm³/mol. The summed E-state index contributed by atoms with van der Waals surface area (Å²) in [7, 11) is 0. The number of nitrogens with one attached hydrogen (secondary N) is 1. The van der Waals surface area contributed by atoms with Crippen molar-refractivity contribution in [2.75, 3.05) is 6.54 Å². The van der Waals surface area contributed by atoms with Gasteiger partial charge in [0.2, 0.25) is 0 Å². The molecule has 2 saturated carbocycles. The number of hydrogen-bond acceptors (Lipinski definition) is 2. The Labute approximate surface area is 111 Å². The molecule has 0 atom stereocenters. The number of aromatic carboxylic acids is 1. The first-order valence-corrected chi connectivity index (χ1v) is 6.72. The lowest BCUT2D eigenvalue weighted by Crippen LogP contribution is -2.31. The van der Waals surface area contributed by atoms with Crippen molar-refractivity contribution in [1.82, 2.24) is 5.32 Å². The second kappa shape index (κ2) is 4.37. The van der Waals surface area contributed by atoms with Crippen molar-refractivity contribution in [2.45, 2.75) is 25.7 Å². The van der Waals surface area contributed by atoms with Crippen molar-refractivity contribution < 1.29 is 14.7 Å². The molecule has 1 amide bonds. The number of hydrogen-bond donors (Lipinski definition) is 2. The van der Waals surface area contributed by atoms with Gasteiger partial charge in [-0.2, -0.15) is 0 Å². The Morgan fingerprint density at radius 3 is 2.21 bits per heavy atom. The first-order valence-electron chi connectivity index (χ1n) is 6.72. The molecule has 100 valence electrons. The molecule has 0 heterocycles. The van der Waals surface area contributed by atoms with E-state index in [-0.39, 0.29) is 11.5 Å². The minimum Gasteiger partial charge on any atom is -0.478 e. The average molecular weight is 259 g/mol. The van der Waals surface area contributed by atoms with Crippen LogP contribution in [0, 0.1) is 11.3 Å². The highest BCUT2D eigenvalue weighted by Gasteiger charge is 2.53. The molecule has 0 aromatic heterocycles. The van der Waals surface area contributed by atoms with Crippen LogP contribution in [0.1, 0.15) is 46.4 Å². The molecule has 0 bridgehead atoms. The van der Waals surface area contributed by atoms with Gasteiger partial charge in [0.25, 0.3) is 5.91 Å². The fraction of sp³-hybridized carbons (Fsp3) is 0.467. The summed E-state index contributed by atoms with van der Waals surface area (Å²) in [6.07, 6.45) is 5.08. The summed E-state index contributed by atoms with van der Waals surface area (Å²) in [6, 6.07) is 6.06. The Bertz CT molecular complexity index is 513. The average Bonchev–Trinajstić information content (AvgIpc) is 3.28. The number of carboxylic acids is 1. The molecule has 2 aliphatic rings. The van der Waals surface area contributed by atoms with Crippen LogP contribution in [0.5, 0.6) is 0 Å². The standard InChI is InChI=1S/C15H17NO3/c17-13(10-1-3-11(4-2-10)14(18)19)16-9-15(7-8-15)12-5-6-12/h1-4,12H,5-9H2,(H,16,17)(H,18,19). The van der Waals surface area contributed by atoms with Crippen LogP contribution < -0.4 is 5.32 Å². The maximum absolute atomic E-state index is 12.0. The molecule has 1 aromatic carbocycles. The van der Waals surface area contributed by atoms with E-state index in [9.17, 15) is 9.59 Å². The van der Waals surface area contributed by atoms with Crippen LogP contribution in [-0.4, -0.2) is 23.5 Å². The molecule has 2 fully saturated rings. The second-order valence-electron chi connectivity index (χ2n) is 5.70. The highest BCUT2D eigenvalue weighted by atomic mass is 16.4. The zero-order valence-electron chi connectivity index (χ0n) is 10.7. The number of carbonyl (C=O) groups excluding carboxylic acids is 1. The molecule has 3 rings (SSSR count). The van der Waals surface area contributed by atoms with E-state index in [0.29, 0.717) is 11.0 Å². The number of rotatable bonds is 5. The van der Waals surface area contributed by atoms with Gasteiger partial charge in [0.05, 0.1) is 5.56 Å². The largest absolute Gasteiger partial charge is 0.478 e. The van der Waals surface area contributed by atoms with Gasteiger partial charge in [-0.05, 0) is 61.3 Å². The van der Waals surface area contributed by atoms with E-state index < -0.39 is 5.97 Å². The first-order chi connectivity index (χ1) is 9.11. The summed E-state index contributed by atoms with van der Waals surface area (Å²) in [5, 5.41) is 11.8. The van der Waals surface area contributed by atoms with E-state index in [1.165, 1.54) is 37.8 Å². The lowest BCUT2D eigenvalue weighted by molar-refractivity contribution is 0.0696. The van der Waals surface area contributed by atoms with Crippen molar-refractivity contribution in [3.8, 4) is 0 Å². The summed E-state index contributed by atoms with van der Waals surface area (Å²) < 4.78 is 0. The molecule has 2 aliphatic carbocycles. The van der Waals surface area contributed by atoms with Gasteiger partial charge in [-0.15, -0.1) is 0 Å². The van der Waals surface area contributed by atoms with E-state index in [1.54, 1.807) is 12.1 Å². The molecule has 0 spiro atoms. The quantitative estimate of drug-likeness (QED) is 0.852. The van der Waals surface area contributed by atoms with Gasteiger partial charge >= 0.3 is 5.97 Å². The number of carboxylic acid groups (broad SMARTS) is 1. The molecule has 0 unspecified atom stereocenters. The maximum atomic E-state index is 12.0. The molecule has 0 radical (unpaired) electrons. The van der Waals surface area contributed by atoms with Crippen molar-refractivity contribution in [1.29, 1.82) is 0 Å². The molecular formula is C15H17NO3. The fourth-order valence-corrected chi connectivity index (χ4v) is 2.71. The topological polar surface area (TPSA) is 66.4 Å². The Morgan fingerprint density at radius 2 is 1.74 bits per heavy atom. The fourth-order valence-electron chi connectivity index (χ4n) is 2.71. The van der Waals surface area contributed by atoms with Crippen LogP contribution in [-0.2, 0) is 0 Å². The minimum atomic E-state index is -0.974. The summed E-state index contributed by atoms with van der Waals surface area (Å²) in [4.78, 5) is 22.7. The Morgan fingerprint density at radius 1 is 1.16 bits per heavy atom. The minimum absolute atomic E-state index is 0.108. The summed E-state index contributed by atoms with van der Waals surface area (Å²) >= 11 is 0. The molecule has 19 heavy (non-hydrogen) atoms. The molecule has 0 saturated heterocycles. The highest BCUT2D eigenvalue weighted by molar-refractivity contribution is 5.95. The lowest BCUT2D eigenvalue weighted by atomic mass is 10.0. The molecule has 4 nitrogen and oxygen atoms in total. The summed E-state index contributed by atoms with van der Waals surface area (Å²) in [6.45, 7) is 0.761. The molecule has 2 N–H and O–H groups in total. The Kier molecular flexibility index (Phi) is 2.81. The third-order valence-corrected chi connectivity index (χ3v) is 4.33. The summed E-state index contributed by atoms with van der Waals surface area (Å²) in [5.74, 6) is -0.260. The zero-order chi connectivity index (χ0) is 13.5. The zero-order valence-corrected chi connectivity index (χ0v) is 10.7. The lowest BCUT2D eigenvalue weighted by Gasteiger charge is -2.14. The maximum Gasteiger partial charge on any atom is 0.335 e. The number of carbonyl (C=O) groups is 2. The van der Waals surface area contributed by atoms with E-state index in [4.69, 9.17) is 5.11 Å². The van der Waals surface area contributed by atoms with Crippen molar-refractivity contribution in [3.05, 3.63) is 35.4 Å². The second-order valence-corrected chi connectivity index (χ2v) is 5.70. The van der Waals surface area contributed by atoms with E-state index in [0.717, 1.165) is 12.5 Å². The molecule has 1 aromatic rings. The van der Waals surface area contributed by atoms with Crippen molar-refractivity contribution >= 4 is 11.9 Å². The third kappa shape index (κ3) is 2.48. The van der Waals surface area contributed by atoms with Crippen molar-refractivity contribution in [2.24, 2.45) is 11.3 Å². The smallest absolute Gasteiger partial charge is 0.335 e. The van der Waals surface area contributed by atoms with Crippen LogP contribution in [0.25, 0.3) is 0 Å². The van der Waals surface area contributed by atoms with Gasteiger partial charge in [0.15, 0.2) is 0 Å². The predicted octanol–water partition coefficient (Wildman–Crippen LogP) is 2.30. The summed E-state index contributed by atoms with van der Waals surface area (Å²) in [5.41, 5.74) is 1.11.